The van der Waals surface area contributed by atoms with Crippen LogP contribution >= 0.6 is 11.6 Å². The molecule has 0 bridgehead atoms. The Kier molecular flexibility index (Phi) is 5.05. The van der Waals surface area contributed by atoms with Gasteiger partial charge in [0, 0.05) is 42.5 Å². The second kappa shape index (κ2) is 7.04. The van der Waals surface area contributed by atoms with Gasteiger partial charge >= 0.3 is 0 Å². The first-order valence-electron chi connectivity index (χ1n) is 8.16. The molecule has 0 amide bonds. The Morgan fingerprint density at radius 1 is 1.30 bits per heavy atom. The van der Waals surface area contributed by atoms with Crippen molar-refractivity contribution in [2.24, 2.45) is 7.05 Å². The van der Waals surface area contributed by atoms with Crippen molar-refractivity contribution in [1.82, 2.24) is 20.0 Å². The van der Waals surface area contributed by atoms with Crippen molar-refractivity contribution >= 4 is 11.6 Å². The minimum Gasteiger partial charge on any atom is -0.312 e. The molecule has 0 saturated heterocycles. The number of benzene rings is 1. The highest BCUT2D eigenvalue weighted by Crippen LogP contribution is 2.37. The van der Waals surface area contributed by atoms with Gasteiger partial charge in [0.15, 0.2) is 0 Å². The molecule has 5 heteroatoms. The van der Waals surface area contributed by atoms with E-state index in [2.05, 4.69) is 47.7 Å². The predicted octanol–water partition coefficient (Wildman–Crippen LogP) is 3.21. The van der Waals surface area contributed by atoms with Crippen molar-refractivity contribution in [1.29, 1.82) is 0 Å². The summed E-state index contributed by atoms with van der Waals surface area (Å²) < 4.78 is 1.87. The largest absolute Gasteiger partial charge is 0.312 e. The molecule has 1 unspecified atom stereocenters. The molecule has 1 fully saturated rings. The third kappa shape index (κ3) is 3.94. The summed E-state index contributed by atoms with van der Waals surface area (Å²) in [6, 6.07) is 9.25. The minimum atomic E-state index is 0.360. The molecule has 0 aliphatic heterocycles. The van der Waals surface area contributed by atoms with Gasteiger partial charge in [-0.05, 0) is 50.6 Å². The van der Waals surface area contributed by atoms with Crippen LogP contribution in [0.4, 0.5) is 0 Å². The third-order valence-corrected chi connectivity index (χ3v) is 5.06. The Morgan fingerprint density at radius 2 is 2.00 bits per heavy atom. The molecule has 2 aromatic rings. The summed E-state index contributed by atoms with van der Waals surface area (Å²) in [6.45, 7) is 0.955. The van der Waals surface area contributed by atoms with E-state index in [0.717, 1.165) is 11.6 Å². The average Bonchev–Trinajstić information content (AvgIpc) is 2.88. The normalized spacial score (nSPS) is 22.1. The monoisotopic (exact) mass is 332 g/mol. The molecule has 23 heavy (non-hydrogen) atoms. The lowest BCUT2D eigenvalue weighted by Crippen LogP contribution is -2.43. The molecule has 1 heterocycles. The van der Waals surface area contributed by atoms with Crippen molar-refractivity contribution in [2.45, 2.75) is 30.8 Å². The van der Waals surface area contributed by atoms with E-state index in [0.29, 0.717) is 18.0 Å². The topological polar surface area (TPSA) is 33.1 Å². The maximum atomic E-state index is 5.96. The van der Waals surface area contributed by atoms with Gasteiger partial charge in [-0.1, -0.05) is 23.7 Å². The maximum Gasteiger partial charge on any atom is 0.0538 e. The van der Waals surface area contributed by atoms with E-state index in [1.165, 1.54) is 24.0 Å². The Hall–Kier alpha value is -1.36. The lowest BCUT2D eigenvalue weighted by atomic mass is 9.76. The van der Waals surface area contributed by atoms with Crippen LogP contribution < -0.4 is 5.32 Å². The van der Waals surface area contributed by atoms with Crippen molar-refractivity contribution < 1.29 is 0 Å². The molecule has 1 N–H and O–H groups in total. The highest BCUT2D eigenvalue weighted by Gasteiger charge is 2.30. The van der Waals surface area contributed by atoms with Gasteiger partial charge < -0.3 is 10.2 Å². The van der Waals surface area contributed by atoms with Gasteiger partial charge in [-0.15, -0.1) is 0 Å². The minimum absolute atomic E-state index is 0.360. The van der Waals surface area contributed by atoms with Gasteiger partial charge in [0.1, 0.15) is 0 Å². The van der Waals surface area contributed by atoms with E-state index in [4.69, 9.17) is 11.6 Å². The molecule has 124 valence electrons. The molecule has 4 nitrogen and oxygen atoms in total. The Balaban J connectivity index is 1.50. The SMILES string of the molecule is CN(C)C(CNC1CC(c2ccc(Cl)cc2)C1)c1cnn(C)c1. The number of nitrogens with zero attached hydrogens (tertiary/aromatic N) is 3. The highest BCUT2D eigenvalue weighted by atomic mass is 35.5. The second-order valence-corrected chi connectivity index (χ2v) is 7.19. The summed E-state index contributed by atoms with van der Waals surface area (Å²) in [5.41, 5.74) is 2.67. The fraction of sp³-hybridized carbons (Fsp3) is 0.500. The molecule has 1 aromatic carbocycles. The molecule has 1 aliphatic rings. The van der Waals surface area contributed by atoms with E-state index < -0.39 is 0 Å². The molecular weight excluding hydrogens is 308 g/mol. The molecule has 1 atom stereocenters. The summed E-state index contributed by atoms with van der Waals surface area (Å²) in [5, 5.41) is 8.82. The number of likely N-dealkylation sites (N-methyl/N-ethyl adjacent to an activating group) is 1. The number of aromatic nitrogens is 2. The Bertz CT molecular complexity index is 629. The van der Waals surface area contributed by atoms with Gasteiger partial charge in [-0.25, -0.2) is 0 Å². The van der Waals surface area contributed by atoms with Crippen LogP contribution in [0.5, 0.6) is 0 Å². The predicted molar refractivity (Wildman–Crippen MR) is 94.9 cm³/mol. The van der Waals surface area contributed by atoms with Gasteiger partial charge in [-0.3, -0.25) is 4.68 Å². The number of rotatable bonds is 6. The van der Waals surface area contributed by atoms with Crippen LogP contribution in [-0.2, 0) is 7.05 Å². The smallest absolute Gasteiger partial charge is 0.0538 e. The quantitative estimate of drug-likeness (QED) is 0.881. The molecule has 1 aromatic heterocycles. The number of hydrogen-bond acceptors (Lipinski definition) is 3. The lowest BCUT2D eigenvalue weighted by molar-refractivity contribution is 0.237. The number of nitrogens with one attached hydrogen (secondary N) is 1. The summed E-state index contributed by atoms with van der Waals surface area (Å²) >= 11 is 5.96. The van der Waals surface area contributed by atoms with E-state index in [9.17, 15) is 0 Å². The van der Waals surface area contributed by atoms with E-state index in [-0.39, 0.29) is 0 Å². The number of hydrogen-bond donors (Lipinski definition) is 1. The summed E-state index contributed by atoms with van der Waals surface area (Å²) in [4.78, 5) is 2.25. The van der Waals surface area contributed by atoms with Crippen LogP contribution in [0.2, 0.25) is 5.02 Å². The standard InChI is InChI=1S/C18H25ClN4/c1-22(2)18(15-10-21-23(3)12-15)11-20-17-8-14(9-17)13-4-6-16(19)7-5-13/h4-7,10,12,14,17-18,20H,8-9,11H2,1-3H3. The van der Waals surface area contributed by atoms with Gasteiger partial charge in [0.2, 0.25) is 0 Å². The Morgan fingerprint density at radius 3 is 2.57 bits per heavy atom. The number of halogens is 1. The summed E-state index contributed by atoms with van der Waals surface area (Å²) in [5.74, 6) is 0.668. The van der Waals surface area contributed by atoms with Crippen LogP contribution in [0.1, 0.15) is 35.9 Å². The fourth-order valence-corrected chi connectivity index (χ4v) is 3.41. The van der Waals surface area contributed by atoms with Crippen LogP contribution in [0.15, 0.2) is 36.7 Å². The van der Waals surface area contributed by atoms with Crippen molar-refractivity contribution in [3.8, 4) is 0 Å². The third-order valence-electron chi connectivity index (χ3n) is 4.81. The Labute approximate surface area is 143 Å². The zero-order chi connectivity index (χ0) is 16.4. The molecular formula is C18H25ClN4. The van der Waals surface area contributed by atoms with Crippen LogP contribution in [-0.4, -0.2) is 41.4 Å². The average molecular weight is 333 g/mol. The van der Waals surface area contributed by atoms with Crippen molar-refractivity contribution in [3.05, 3.63) is 52.8 Å². The van der Waals surface area contributed by atoms with Gasteiger partial charge in [-0.2, -0.15) is 5.10 Å². The second-order valence-electron chi connectivity index (χ2n) is 6.75. The first-order chi connectivity index (χ1) is 11.0. The van der Waals surface area contributed by atoms with E-state index in [1.807, 2.05) is 30.1 Å². The number of aryl methyl sites for hydroxylation is 1. The lowest BCUT2D eigenvalue weighted by Gasteiger charge is -2.38. The van der Waals surface area contributed by atoms with Crippen molar-refractivity contribution in [2.75, 3.05) is 20.6 Å². The maximum absolute atomic E-state index is 5.96. The van der Waals surface area contributed by atoms with Crippen LogP contribution in [0, 0.1) is 0 Å². The molecule has 0 radical (unpaired) electrons. The zero-order valence-corrected chi connectivity index (χ0v) is 14.8. The van der Waals surface area contributed by atoms with E-state index in [1.54, 1.807) is 0 Å². The van der Waals surface area contributed by atoms with Crippen LogP contribution in [0.25, 0.3) is 0 Å². The van der Waals surface area contributed by atoms with E-state index >= 15 is 0 Å². The summed E-state index contributed by atoms with van der Waals surface area (Å²) in [6.07, 6.45) is 6.47. The molecule has 3 rings (SSSR count). The first-order valence-corrected chi connectivity index (χ1v) is 8.54. The fourth-order valence-electron chi connectivity index (χ4n) is 3.28. The van der Waals surface area contributed by atoms with Gasteiger partial charge in [0.25, 0.3) is 0 Å². The molecule has 1 saturated carbocycles. The van der Waals surface area contributed by atoms with Gasteiger partial charge in [0.05, 0.1) is 6.20 Å². The molecule has 1 aliphatic carbocycles. The summed E-state index contributed by atoms with van der Waals surface area (Å²) in [7, 11) is 6.21. The highest BCUT2D eigenvalue weighted by molar-refractivity contribution is 6.30. The zero-order valence-electron chi connectivity index (χ0n) is 14.0. The first kappa shape index (κ1) is 16.5. The van der Waals surface area contributed by atoms with Crippen molar-refractivity contribution in [3.63, 3.8) is 0 Å². The molecule has 0 spiro atoms. The van der Waals surface area contributed by atoms with Crippen LogP contribution in [0.3, 0.4) is 0 Å².